The Morgan fingerprint density at radius 3 is 2.59 bits per heavy atom. The van der Waals surface area contributed by atoms with Gasteiger partial charge >= 0.3 is 0 Å². The highest BCUT2D eigenvalue weighted by Gasteiger charge is 2.40. The van der Waals surface area contributed by atoms with E-state index in [0.717, 1.165) is 0 Å². The topological polar surface area (TPSA) is 66.6 Å². The molecule has 0 aliphatic carbocycles. The fraction of sp³-hybridized carbons (Fsp3) is 0.455. The molecule has 6 heteroatoms. The Labute approximate surface area is 104 Å². The molecule has 0 radical (unpaired) electrons. The summed E-state index contributed by atoms with van der Waals surface area (Å²) in [4.78, 5) is 12.3. The van der Waals surface area contributed by atoms with Gasteiger partial charge in [-0.15, -0.1) is 0 Å². The first-order valence-corrected chi connectivity index (χ1v) is 5.60. The summed E-state index contributed by atoms with van der Waals surface area (Å²) in [6.45, 7) is 4.22. The second-order valence-corrected chi connectivity index (χ2v) is 5.06. The molecule has 1 saturated heterocycles. The van der Waals surface area contributed by atoms with Crippen molar-refractivity contribution in [3.63, 3.8) is 0 Å². The molecule has 0 saturated carbocycles. The Balaban J connectivity index is 2.44. The van der Waals surface area contributed by atoms with Crippen molar-refractivity contribution in [3.05, 3.63) is 32.8 Å². The highest BCUT2D eigenvalue weighted by atomic mass is 35.5. The molecule has 92 valence electrons. The predicted octanol–water partition coefficient (Wildman–Crippen LogP) is 2.13. The van der Waals surface area contributed by atoms with Crippen LogP contribution in [0.1, 0.15) is 12.5 Å². The number of nitro benzene ring substituents is 1. The molecule has 1 fully saturated rings. The molecule has 17 heavy (non-hydrogen) atoms. The van der Waals surface area contributed by atoms with Crippen molar-refractivity contribution in [1.82, 2.24) is 0 Å². The van der Waals surface area contributed by atoms with Crippen LogP contribution in [0, 0.1) is 17.0 Å². The fourth-order valence-electron chi connectivity index (χ4n) is 2.14. The summed E-state index contributed by atoms with van der Waals surface area (Å²) in [7, 11) is 0. The molecule has 1 aromatic rings. The first kappa shape index (κ1) is 12.1. The van der Waals surface area contributed by atoms with Crippen molar-refractivity contribution in [2.45, 2.75) is 19.4 Å². The van der Waals surface area contributed by atoms with Gasteiger partial charge in [-0.25, -0.2) is 0 Å². The molecule has 1 aromatic carbocycles. The third kappa shape index (κ3) is 2.08. The van der Waals surface area contributed by atoms with Gasteiger partial charge in [0.15, 0.2) is 0 Å². The summed E-state index contributed by atoms with van der Waals surface area (Å²) in [6.07, 6.45) is 0. The quantitative estimate of drug-likeness (QED) is 0.650. The molecule has 5 nitrogen and oxygen atoms in total. The normalized spacial score (nSPS) is 17.8. The highest BCUT2D eigenvalue weighted by Crippen LogP contribution is 2.39. The van der Waals surface area contributed by atoms with Gasteiger partial charge in [0.25, 0.3) is 5.69 Å². The van der Waals surface area contributed by atoms with Crippen molar-refractivity contribution in [1.29, 1.82) is 0 Å². The number of nitrogens with zero attached hydrogens (tertiary/aromatic N) is 2. The molecular weight excluding hydrogens is 244 g/mol. The zero-order valence-electron chi connectivity index (χ0n) is 9.61. The van der Waals surface area contributed by atoms with Gasteiger partial charge in [0.05, 0.1) is 10.5 Å². The number of halogens is 1. The second kappa shape index (κ2) is 3.85. The zero-order chi connectivity index (χ0) is 12.8. The van der Waals surface area contributed by atoms with Crippen LogP contribution in [0.2, 0.25) is 5.02 Å². The van der Waals surface area contributed by atoms with E-state index in [0.29, 0.717) is 29.4 Å². The number of anilines is 1. The van der Waals surface area contributed by atoms with Gasteiger partial charge in [-0.05, 0) is 25.5 Å². The molecule has 1 N–H and O–H groups in total. The fourth-order valence-corrected chi connectivity index (χ4v) is 2.29. The van der Waals surface area contributed by atoms with Gasteiger partial charge < -0.3 is 10.0 Å². The molecule has 0 amide bonds. The summed E-state index contributed by atoms with van der Waals surface area (Å²) in [6, 6.07) is 2.92. The molecule has 0 aromatic heterocycles. The van der Waals surface area contributed by atoms with Crippen LogP contribution in [-0.2, 0) is 0 Å². The molecule has 0 bridgehead atoms. The number of hydrogen-bond acceptors (Lipinski definition) is 4. The van der Waals surface area contributed by atoms with Gasteiger partial charge in [-0.2, -0.15) is 0 Å². The van der Waals surface area contributed by atoms with Gasteiger partial charge in [0.2, 0.25) is 0 Å². The summed E-state index contributed by atoms with van der Waals surface area (Å²) in [5.41, 5.74) is 0.440. The molecule has 1 aliphatic rings. The van der Waals surface area contributed by atoms with Gasteiger partial charge in [0, 0.05) is 24.2 Å². The average Bonchev–Trinajstić information content (AvgIpc) is 2.18. The Kier molecular flexibility index (Phi) is 2.75. The van der Waals surface area contributed by atoms with E-state index in [9.17, 15) is 15.2 Å². The number of benzene rings is 1. The van der Waals surface area contributed by atoms with Gasteiger partial charge in [0.1, 0.15) is 5.69 Å². The number of nitro groups is 1. The lowest BCUT2D eigenvalue weighted by Crippen LogP contribution is -2.60. The number of hydrogen-bond donors (Lipinski definition) is 1. The molecular formula is C11H13ClN2O3. The molecule has 2 rings (SSSR count). The highest BCUT2D eigenvalue weighted by molar-refractivity contribution is 6.31. The minimum atomic E-state index is -0.775. The van der Waals surface area contributed by atoms with Crippen molar-refractivity contribution in [3.8, 4) is 0 Å². The van der Waals surface area contributed by atoms with Crippen LogP contribution in [-0.4, -0.2) is 28.7 Å². The van der Waals surface area contributed by atoms with Crippen LogP contribution in [0.25, 0.3) is 0 Å². The van der Waals surface area contributed by atoms with E-state index in [1.165, 1.54) is 12.1 Å². The minimum absolute atomic E-state index is 0.0300. The van der Waals surface area contributed by atoms with Crippen LogP contribution in [0.4, 0.5) is 11.4 Å². The standard InChI is InChI=1S/C11H13ClN2O3/c1-7-8(12)3-4-9(14(16)17)10(7)13-5-11(2,15)6-13/h3-4,15H,5-6H2,1-2H3. The van der Waals surface area contributed by atoms with Crippen molar-refractivity contribution in [2.75, 3.05) is 18.0 Å². The van der Waals surface area contributed by atoms with Crippen LogP contribution in [0.5, 0.6) is 0 Å². The minimum Gasteiger partial charge on any atom is -0.386 e. The molecule has 1 aliphatic heterocycles. The summed E-state index contributed by atoms with van der Waals surface area (Å²) < 4.78 is 0. The van der Waals surface area contributed by atoms with Gasteiger partial charge in [-0.1, -0.05) is 11.6 Å². The second-order valence-electron chi connectivity index (χ2n) is 4.65. The van der Waals surface area contributed by atoms with E-state index in [-0.39, 0.29) is 5.69 Å². The van der Waals surface area contributed by atoms with Gasteiger partial charge in [-0.3, -0.25) is 10.1 Å². The maximum absolute atomic E-state index is 11.0. The SMILES string of the molecule is Cc1c(Cl)ccc([N+](=O)[O-])c1N1CC(C)(O)C1. The lowest BCUT2D eigenvalue weighted by atomic mass is 9.94. The Bertz CT molecular complexity index is 480. The maximum atomic E-state index is 11.0. The lowest BCUT2D eigenvalue weighted by molar-refractivity contribution is -0.384. The smallest absolute Gasteiger partial charge is 0.292 e. The van der Waals surface area contributed by atoms with Crippen molar-refractivity contribution >= 4 is 23.0 Å². The largest absolute Gasteiger partial charge is 0.386 e. The monoisotopic (exact) mass is 256 g/mol. The number of aliphatic hydroxyl groups is 1. The Morgan fingerprint density at radius 1 is 1.53 bits per heavy atom. The summed E-state index contributed by atoms with van der Waals surface area (Å²) in [5.74, 6) is 0. The Morgan fingerprint density at radius 2 is 2.12 bits per heavy atom. The molecule has 1 heterocycles. The Hall–Kier alpha value is -1.33. The van der Waals surface area contributed by atoms with E-state index in [2.05, 4.69) is 0 Å². The van der Waals surface area contributed by atoms with E-state index in [1.54, 1.807) is 18.7 Å². The number of rotatable bonds is 2. The lowest BCUT2D eigenvalue weighted by Gasteiger charge is -2.45. The van der Waals surface area contributed by atoms with Crippen LogP contribution < -0.4 is 4.90 Å². The maximum Gasteiger partial charge on any atom is 0.292 e. The third-order valence-corrected chi connectivity index (χ3v) is 3.33. The first-order chi connectivity index (χ1) is 7.82. The van der Waals surface area contributed by atoms with E-state index in [1.807, 2.05) is 0 Å². The first-order valence-electron chi connectivity index (χ1n) is 5.23. The summed E-state index contributed by atoms with van der Waals surface area (Å²) >= 11 is 5.97. The van der Waals surface area contributed by atoms with E-state index >= 15 is 0 Å². The molecule has 0 unspecified atom stereocenters. The van der Waals surface area contributed by atoms with Crippen LogP contribution >= 0.6 is 11.6 Å². The average molecular weight is 257 g/mol. The van der Waals surface area contributed by atoms with E-state index in [4.69, 9.17) is 11.6 Å². The zero-order valence-corrected chi connectivity index (χ0v) is 10.4. The van der Waals surface area contributed by atoms with Crippen LogP contribution in [0.3, 0.4) is 0 Å². The van der Waals surface area contributed by atoms with E-state index < -0.39 is 10.5 Å². The summed E-state index contributed by atoms with van der Waals surface area (Å²) in [5, 5.41) is 21.2. The van der Waals surface area contributed by atoms with Crippen molar-refractivity contribution < 1.29 is 10.0 Å². The number of β-amino-alcohol motifs (C(OH)–C–C–N with tert-alkyl or cyclic N) is 1. The van der Waals surface area contributed by atoms with Crippen LogP contribution in [0.15, 0.2) is 12.1 Å². The third-order valence-electron chi connectivity index (χ3n) is 2.92. The molecule has 0 spiro atoms. The van der Waals surface area contributed by atoms with Crippen molar-refractivity contribution in [2.24, 2.45) is 0 Å². The molecule has 0 atom stereocenters. The predicted molar refractivity (Wildman–Crippen MR) is 65.7 cm³/mol.